The average molecular weight is 322 g/mol. The monoisotopic (exact) mass is 321 g/mol. The molecule has 0 aliphatic carbocycles. The van der Waals surface area contributed by atoms with Crippen LogP contribution in [0.5, 0.6) is 0 Å². The zero-order valence-corrected chi connectivity index (χ0v) is 13.0. The summed E-state index contributed by atoms with van der Waals surface area (Å²) in [5.74, 6) is 0. The first-order valence-corrected chi connectivity index (χ1v) is 7.48. The fourth-order valence-electron chi connectivity index (χ4n) is 2.13. The Labute approximate surface area is 123 Å². The van der Waals surface area contributed by atoms with Crippen LogP contribution in [0, 0.1) is 0 Å². The van der Waals surface area contributed by atoms with Crippen molar-refractivity contribution < 1.29 is 0 Å². The van der Waals surface area contributed by atoms with E-state index in [1.807, 2.05) is 18.6 Å². The first kappa shape index (κ1) is 14.3. The summed E-state index contributed by atoms with van der Waals surface area (Å²) >= 11 is 3.60. The maximum absolute atomic E-state index is 4.22. The van der Waals surface area contributed by atoms with Gasteiger partial charge in [0.05, 0.1) is 12.0 Å². The fourth-order valence-corrected chi connectivity index (χ4v) is 2.76. The number of nitrogens with one attached hydrogen (secondary N) is 1. The van der Waals surface area contributed by atoms with Crippen LogP contribution in [0.1, 0.15) is 37.6 Å². The maximum atomic E-state index is 4.22. The van der Waals surface area contributed by atoms with Crippen molar-refractivity contribution in [3.8, 4) is 0 Å². The number of hydrogen-bond donors (Lipinski definition) is 1. The van der Waals surface area contributed by atoms with E-state index in [1.165, 1.54) is 11.3 Å². The van der Waals surface area contributed by atoms with Gasteiger partial charge in [0.15, 0.2) is 0 Å². The van der Waals surface area contributed by atoms with Crippen molar-refractivity contribution in [2.45, 2.75) is 39.4 Å². The summed E-state index contributed by atoms with van der Waals surface area (Å²) < 4.78 is 3.36. The summed E-state index contributed by atoms with van der Waals surface area (Å²) in [5.41, 5.74) is 2.52. The van der Waals surface area contributed by atoms with Crippen molar-refractivity contribution in [1.82, 2.24) is 14.9 Å². The smallest absolute Gasteiger partial charge is 0.0948 e. The Hall–Kier alpha value is -1.13. The summed E-state index contributed by atoms with van der Waals surface area (Å²) in [6, 6.07) is 8.64. The molecule has 0 amide bonds. The molecule has 1 aromatic heterocycles. The van der Waals surface area contributed by atoms with Crippen molar-refractivity contribution in [2.75, 3.05) is 0 Å². The maximum Gasteiger partial charge on any atom is 0.0948 e. The van der Waals surface area contributed by atoms with Crippen molar-refractivity contribution in [1.29, 1.82) is 0 Å². The quantitative estimate of drug-likeness (QED) is 0.874. The average Bonchev–Trinajstić information content (AvgIpc) is 2.84. The lowest BCUT2D eigenvalue weighted by atomic mass is 10.1. The summed E-state index contributed by atoms with van der Waals surface area (Å²) in [7, 11) is 0. The number of benzene rings is 1. The van der Waals surface area contributed by atoms with Crippen molar-refractivity contribution in [3.05, 3.63) is 52.5 Å². The Morgan fingerprint density at radius 1 is 1.37 bits per heavy atom. The molecule has 0 spiro atoms. The molecule has 1 aromatic carbocycles. The van der Waals surface area contributed by atoms with Crippen LogP contribution in [-0.4, -0.2) is 9.55 Å². The molecule has 2 aromatic rings. The summed E-state index contributed by atoms with van der Waals surface area (Å²) in [6.45, 7) is 6.23. The Bertz CT molecular complexity index is 522. The first-order valence-electron chi connectivity index (χ1n) is 6.69. The van der Waals surface area contributed by atoms with Gasteiger partial charge in [-0.1, -0.05) is 41.1 Å². The summed E-state index contributed by atoms with van der Waals surface area (Å²) in [5, 5.41) is 3.55. The largest absolute Gasteiger partial charge is 0.333 e. The Morgan fingerprint density at radius 3 is 2.89 bits per heavy atom. The highest BCUT2D eigenvalue weighted by molar-refractivity contribution is 9.10. The Morgan fingerprint density at radius 2 is 2.16 bits per heavy atom. The lowest BCUT2D eigenvalue weighted by molar-refractivity contribution is 0.540. The second-order valence-electron chi connectivity index (χ2n) is 4.70. The second-order valence-corrected chi connectivity index (χ2v) is 5.56. The Balaban J connectivity index is 1.98. The normalized spacial score (nSPS) is 12.6. The van der Waals surface area contributed by atoms with Crippen molar-refractivity contribution in [3.63, 3.8) is 0 Å². The SMILES string of the molecule is CCCn1cncc1CN[C@H](C)c1ccccc1Br. The highest BCUT2D eigenvalue weighted by Gasteiger charge is 2.09. The minimum absolute atomic E-state index is 0.306. The van der Waals surface area contributed by atoms with Gasteiger partial charge in [-0.15, -0.1) is 0 Å². The third-order valence-electron chi connectivity index (χ3n) is 3.22. The van der Waals surface area contributed by atoms with Crippen LogP contribution in [0.25, 0.3) is 0 Å². The van der Waals surface area contributed by atoms with Gasteiger partial charge in [0.2, 0.25) is 0 Å². The molecule has 1 atom stereocenters. The number of nitrogens with zero attached hydrogens (tertiary/aromatic N) is 2. The summed E-state index contributed by atoms with van der Waals surface area (Å²) in [4.78, 5) is 4.22. The molecule has 2 rings (SSSR count). The Kier molecular flexibility index (Phi) is 5.16. The van der Waals surface area contributed by atoms with E-state index in [1.54, 1.807) is 0 Å². The predicted molar refractivity (Wildman–Crippen MR) is 81.9 cm³/mol. The van der Waals surface area contributed by atoms with E-state index in [0.29, 0.717) is 6.04 Å². The number of halogens is 1. The molecular formula is C15H20BrN3. The van der Waals surface area contributed by atoms with E-state index < -0.39 is 0 Å². The van der Waals surface area contributed by atoms with Gasteiger partial charge in [0, 0.05) is 29.8 Å². The number of hydrogen-bond acceptors (Lipinski definition) is 2. The molecule has 0 aliphatic rings. The van der Waals surface area contributed by atoms with E-state index in [0.717, 1.165) is 24.0 Å². The van der Waals surface area contributed by atoms with Crippen LogP contribution in [0.15, 0.2) is 41.3 Å². The molecule has 3 nitrogen and oxygen atoms in total. The number of rotatable bonds is 6. The molecule has 0 saturated heterocycles. The van der Waals surface area contributed by atoms with Gasteiger partial charge in [-0.05, 0) is 25.0 Å². The lowest BCUT2D eigenvalue weighted by Crippen LogP contribution is -2.20. The molecule has 1 N–H and O–H groups in total. The van der Waals surface area contributed by atoms with E-state index in [9.17, 15) is 0 Å². The van der Waals surface area contributed by atoms with Crippen LogP contribution < -0.4 is 5.32 Å². The van der Waals surface area contributed by atoms with Crippen LogP contribution >= 0.6 is 15.9 Å². The van der Waals surface area contributed by atoms with Gasteiger partial charge in [-0.25, -0.2) is 4.98 Å². The van der Waals surface area contributed by atoms with Crippen LogP contribution in [0.4, 0.5) is 0 Å². The van der Waals surface area contributed by atoms with E-state index >= 15 is 0 Å². The van der Waals surface area contributed by atoms with Gasteiger partial charge in [-0.3, -0.25) is 0 Å². The van der Waals surface area contributed by atoms with Gasteiger partial charge in [-0.2, -0.15) is 0 Å². The zero-order valence-electron chi connectivity index (χ0n) is 11.4. The lowest BCUT2D eigenvalue weighted by Gasteiger charge is -2.16. The van der Waals surface area contributed by atoms with Gasteiger partial charge < -0.3 is 9.88 Å². The third-order valence-corrected chi connectivity index (χ3v) is 3.95. The second kappa shape index (κ2) is 6.87. The standard InChI is InChI=1S/C15H20BrN3/c1-3-8-19-11-17-9-13(19)10-18-12(2)14-6-4-5-7-15(14)16/h4-7,9,11-12,18H,3,8,10H2,1-2H3/t12-/m1/s1. The van der Waals surface area contributed by atoms with Gasteiger partial charge >= 0.3 is 0 Å². The van der Waals surface area contributed by atoms with Crippen LogP contribution in [0.2, 0.25) is 0 Å². The molecule has 19 heavy (non-hydrogen) atoms. The van der Waals surface area contributed by atoms with Gasteiger partial charge in [0.1, 0.15) is 0 Å². The molecule has 1 heterocycles. The molecule has 0 bridgehead atoms. The minimum atomic E-state index is 0.306. The highest BCUT2D eigenvalue weighted by Crippen LogP contribution is 2.22. The van der Waals surface area contributed by atoms with E-state index in [4.69, 9.17) is 0 Å². The molecule has 4 heteroatoms. The van der Waals surface area contributed by atoms with E-state index in [2.05, 4.69) is 62.8 Å². The topological polar surface area (TPSA) is 29.9 Å². The van der Waals surface area contributed by atoms with Crippen LogP contribution in [0.3, 0.4) is 0 Å². The minimum Gasteiger partial charge on any atom is -0.333 e. The molecule has 0 saturated carbocycles. The van der Waals surface area contributed by atoms with Gasteiger partial charge in [0.25, 0.3) is 0 Å². The predicted octanol–water partition coefficient (Wildman–Crippen LogP) is 3.91. The molecule has 0 radical (unpaired) electrons. The first-order chi connectivity index (χ1) is 9.22. The molecular weight excluding hydrogens is 302 g/mol. The van der Waals surface area contributed by atoms with Crippen molar-refractivity contribution in [2.24, 2.45) is 0 Å². The van der Waals surface area contributed by atoms with E-state index in [-0.39, 0.29) is 0 Å². The van der Waals surface area contributed by atoms with Crippen LogP contribution in [-0.2, 0) is 13.1 Å². The number of aromatic nitrogens is 2. The molecule has 0 unspecified atom stereocenters. The third kappa shape index (κ3) is 3.67. The van der Waals surface area contributed by atoms with Crippen molar-refractivity contribution >= 4 is 15.9 Å². The highest BCUT2D eigenvalue weighted by atomic mass is 79.9. The number of imidazole rings is 1. The molecule has 0 aliphatic heterocycles. The summed E-state index contributed by atoms with van der Waals surface area (Å²) in [6.07, 6.45) is 4.97. The molecule has 102 valence electrons. The fraction of sp³-hybridized carbons (Fsp3) is 0.400. The zero-order chi connectivity index (χ0) is 13.7. The number of aryl methyl sites for hydroxylation is 1. The molecule has 0 fully saturated rings.